The Morgan fingerprint density at radius 1 is 1.16 bits per heavy atom. The van der Waals surface area contributed by atoms with Crippen LogP contribution in [0.1, 0.15) is 11.1 Å². The maximum absolute atomic E-state index is 13.9. The highest BCUT2D eigenvalue weighted by Crippen LogP contribution is 2.30. The maximum Gasteiger partial charge on any atom is 0.166 e. The van der Waals surface area contributed by atoms with Crippen molar-refractivity contribution >= 4 is 15.9 Å². The lowest BCUT2D eigenvalue weighted by Gasteiger charge is -2.11. The fourth-order valence-electron chi connectivity index (χ4n) is 1.74. The molecule has 0 spiro atoms. The van der Waals surface area contributed by atoms with Gasteiger partial charge in [0.2, 0.25) is 0 Å². The van der Waals surface area contributed by atoms with Crippen molar-refractivity contribution in [1.82, 2.24) is 5.32 Å². The van der Waals surface area contributed by atoms with Crippen LogP contribution >= 0.6 is 15.9 Å². The van der Waals surface area contributed by atoms with Gasteiger partial charge >= 0.3 is 0 Å². The Morgan fingerprint density at radius 2 is 1.95 bits per heavy atom. The van der Waals surface area contributed by atoms with E-state index in [1.807, 2.05) is 38.2 Å². The molecule has 0 atom stereocenters. The summed E-state index contributed by atoms with van der Waals surface area (Å²) in [7, 11) is 1.83. The van der Waals surface area contributed by atoms with E-state index in [4.69, 9.17) is 4.74 Å². The first kappa shape index (κ1) is 14.0. The molecule has 0 saturated carbocycles. The van der Waals surface area contributed by atoms with Crippen molar-refractivity contribution in [3.05, 3.63) is 57.8 Å². The lowest BCUT2D eigenvalue weighted by molar-refractivity contribution is 0.438. The highest BCUT2D eigenvalue weighted by Gasteiger charge is 2.08. The smallest absolute Gasteiger partial charge is 0.166 e. The lowest BCUT2D eigenvalue weighted by atomic mass is 10.2. The van der Waals surface area contributed by atoms with Gasteiger partial charge in [-0.1, -0.05) is 28.1 Å². The van der Waals surface area contributed by atoms with Crippen molar-refractivity contribution in [3.63, 3.8) is 0 Å². The van der Waals surface area contributed by atoms with Crippen LogP contribution in [0.4, 0.5) is 4.39 Å². The molecule has 2 rings (SSSR count). The number of aryl methyl sites for hydroxylation is 1. The topological polar surface area (TPSA) is 21.3 Å². The molecule has 0 aromatic heterocycles. The predicted molar refractivity (Wildman–Crippen MR) is 78.1 cm³/mol. The van der Waals surface area contributed by atoms with Crippen LogP contribution in [0, 0.1) is 12.7 Å². The lowest BCUT2D eigenvalue weighted by Crippen LogP contribution is -2.05. The van der Waals surface area contributed by atoms with Crippen LogP contribution in [-0.2, 0) is 6.54 Å². The van der Waals surface area contributed by atoms with Gasteiger partial charge in [-0.2, -0.15) is 0 Å². The van der Waals surface area contributed by atoms with E-state index in [0.29, 0.717) is 12.3 Å². The van der Waals surface area contributed by atoms with Crippen LogP contribution in [0.5, 0.6) is 11.5 Å². The fraction of sp³-hybridized carbons (Fsp3) is 0.200. The van der Waals surface area contributed by atoms with Gasteiger partial charge in [0.15, 0.2) is 11.6 Å². The van der Waals surface area contributed by atoms with Crippen molar-refractivity contribution in [2.75, 3.05) is 7.05 Å². The fourth-order valence-corrected chi connectivity index (χ4v) is 2.08. The number of nitrogens with one attached hydrogen (secondary N) is 1. The monoisotopic (exact) mass is 323 g/mol. The van der Waals surface area contributed by atoms with Crippen molar-refractivity contribution in [1.29, 1.82) is 0 Å². The van der Waals surface area contributed by atoms with Gasteiger partial charge in [0, 0.05) is 11.0 Å². The summed E-state index contributed by atoms with van der Waals surface area (Å²) in [5.74, 6) is 0.530. The van der Waals surface area contributed by atoms with Crippen molar-refractivity contribution in [2.45, 2.75) is 13.5 Å². The standard InChI is InChI=1S/C15H15BrFNO/c1-10-3-5-12(16)8-15(10)19-14-6-4-11(9-18-2)7-13(14)17/h3-8,18H,9H2,1-2H3. The minimum absolute atomic E-state index is 0.237. The summed E-state index contributed by atoms with van der Waals surface area (Å²) < 4.78 is 20.5. The molecule has 0 amide bonds. The SMILES string of the molecule is CNCc1ccc(Oc2cc(Br)ccc2C)c(F)c1. The molecule has 2 nitrogen and oxygen atoms in total. The van der Waals surface area contributed by atoms with Gasteiger partial charge in [-0.25, -0.2) is 4.39 Å². The number of halogens is 2. The Morgan fingerprint density at radius 3 is 2.63 bits per heavy atom. The molecule has 0 saturated heterocycles. The Kier molecular flexibility index (Phi) is 4.56. The second-order valence-electron chi connectivity index (χ2n) is 4.31. The van der Waals surface area contributed by atoms with Crippen molar-refractivity contribution in [3.8, 4) is 11.5 Å². The van der Waals surface area contributed by atoms with Gasteiger partial charge in [-0.15, -0.1) is 0 Å². The molecule has 2 aromatic carbocycles. The molecular weight excluding hydrogens is 309 g/mol. The predicted octanol–water partition coefficient (Wildman–Crippen LogP) is 4.41. The molecule has 4 heteroatoms. The average Bonchev–Trinajstić information content (AvgIpc) is 2.37. The highest BCUT2D eigenvalue weighted by molar-refractivity contribution is 9.10. The van der Waals surface area contributed by atoms with Gasteiger partial charge < -0.3 is 10.1 Å². The van der Waals surface area contributed by atoms with Gasteiger partial charge in [0.05, 0.1) is 0 Å². The normalized spacial score (nSPS) is 10.5. The summed E-state index contributed by atoms with van der Waals surface area (Å²) in [6, 6.07) is 10.7. The second-order valence-corrected chi connectivity index (χ2v) is 5.22. The molecule has 1 N–H and O–H groups in total. The van der Waals surface area contributed by atoms with Gasteiger partial charge in [-0.05, 0) is 49.4 Å². The van der Waals surface area contributed by atoms with Crippen molar-refractivity contribution in [2.24, 2.45) is 0 Å². The Labute approximate surface area is 120 Å². The van der Waals surface area contributed by atoms with Crippen molar-refractivity contribution < 1.29 is 9.13 Å². The van der Waals surface area contributed by atoms with Gasteiger partial charge in [-0.3, -0.25) is 0 Å². The summed E-state index contributed by atoms with van der Waals surface area (Å²) in [6.07, 6.45) is 0. The van der Waals surface area contributed by atoms with E-state index in [1.54, 1.807) is 6.07 Å². The third kappa shape index (κ3) is 3.55. The number of ether oxygens (including phenoxy) is 1. The molecule has 0 aliphatic rings. The quantitative estimate of drug-likeness (QED) is 0.899. The summed E-state index contributed by atoms with van der Waals surface area (Å²) in [4.78, 5) is 0. The molecule has 0 unspecified atom stereocenters. The Balaban J connectivity index is 2.25. The number of hydrogen-bond acceptors (Lipinski definition) is 2. The molecule has 0 fully saturated rings. The molecule has 0 radical (unpaired) electrons. The molecule has 0 bridgehead atoms. The van der Waals surface area contributed by atoms with E-state index in [9.17, 15) is 4.39 Å². The largest absolute Gasteiger partial charge is 0.454 e. The molecule has 0 heterocycles. The first-order valence-electron chi connectivity index (χ1n) is 5.97. The van der Waals surface area contributed by atoms with Crippen LogP contribution in [0.3, 0.4) is 0 Å². The van der Waals surface area contributed by atoms with E-state index < -0.39 is 0 Å². The minimum Gasteiger partial charge on any atom is -0.454 e. The number of rotatable bonds is 4. The molecular formula is C15H15BrFNO. The summed E-state index contributed by atoms with van der Waals surface area (Å²) >= 11 is 3.38. The van der Waals surface area contributed by atoms with Crippen LogP contribution in [0.15, 0.2) is 40.9 Å². The van der Waals surface area contributed by atoms with E-state index in [-0.39, 0.29) is 11.6 Å². The number of hydrogen-bond donors (Lipinski definition) is 1. The zero-order chi connectivity index (χ0) is 13.8. The molecule has 0 aliphatic heterocycles. The van der Waals surface area contributed by atoms with Crippen LogP contribution in [-0.4, -0.2) is 7.05 Å². The van der Waals surface area contributed by atoms with Crippen LogP contribution < -0.4 is 10.1 Å². The molecule has 2 aromatic rings. The zero-order valence-corrected chi connectivity index (χ0v) is 12.4. The van der Waals surface area contributed by atoms with Gasteiger partial charge in [0.1, 0.15) is 5.75 Å². The number of benzene rings is 2. The van der Waals surface area contributed by atoms with Crippen LogP contribution in [0.2, 0.25) is 0 Å². The third-order valence-electron chi connectivity index (χ3n) is 2.75. The van der Waals surface area contributed by atoms with E-state index >= 15 is 0 Å². The first-order chi connectivity index (χ1) is 9.10. The Hall–Kier alpha value is -1.39. The minimum atomic E-state index is -0.355. The Bertz CT molecular complexity index is 586. The van der Waals surface area contributed by atoms with E-state index in [1.165, 1.54) is 6.07 Å². The summed E-state index contributed by atoms with van der Waals surface area (Å²) in [6.45, 7) is 2.56. The first-order valence-corrected chi connectivity index (χ1v) is 6.76. The maximum atomic E-state index is 13.9. The average molecular weight is 324 g/mol. The van der Waals surface area contributed by atoms with E-state index in [2.05, 4.69) is 21.2 Å². The zero-order valence-electron chi connectivity index (χ0n) is 10.8. The van der Waals surface area contributed by atoms with E-state index in [0.717, 1.165) is 15.6 Å². The molecule has 100 valence electrons. The second kappa shape index (κ2) is 6.17. The summed E-state index contributed by atoms with van der Waals surface area (Å²) in [5.41, 5.74) is 1.85. The molecule has 0 aliphatic carbocycles. The third-order valence-corrected chi connectivity index (χ3v) is 3.24. The summed E-state index contributed by atoms with van der Waals surface area (Å²) in [5, 5.41) is 2.98. The van der Waals surface area contributed by atoms with Gasteiger partial charge in [0.25, 0.3) is 0 Å². The highest BCUT2D eigenvalue weighted by atomic mass is 79.9. The molecule has 19 heavy (non-hydrogen) atoms. The van der Waals surface area contributed by atoms with Crippen LogP contribution in [0.25, 0.3) is 0 Å².